The Bertz CT molecular complexity index is 782. The largest absolute Gasteiger partial charge is 0.433 e. The first kappa shape index (κ1) is 19.1. The molecule has 1 aliphatic heterocycles. The predicted octanol–water partition coefficient (Wildman–Crippen LogP) is 2.16. The number of alkyl halides is 3. The van der Waals surface area contributed by atoms with Crippen LogP contribution in [0.4, 0.5) is 19.1 Å². The summed E-state index contributed by atoms with van der Waals surface area (Å²) < 4.78 is 41.0. The van der Waals surface area contributed by atoms with Crippen molar-refractivity contribution < 1.29 is 18.0 Å². The minimum Gasteiger partial charge on any atom is -0.338 e. The molecule has 2 aromatic rings. The van der Waals surface area contributed by atoms with Crippen LogP contribution in [0, 0.1) is 0 Å². The van der Waals surface area contributed by atoms with Gasteiger partial charge in [0.1, 0.15) is 12.2 Å². The van der Waals surface area contributed by atoms with E-state index >= 15 is 0 Å². The highest BCUT2D eigenvalue weighted by atomic mass is 19.4. The molecule has 7 nitrogen and oxygen atoms in total. The number of halogens is 3. The Balaban J connectivity index is 1.70. The van der Waals surface area contributed by atoms with E-state index < -0.39 is 11.9 Å². The average molecular weight is 382 g/mol. The van der Waals surface area contributed by atoms with E-state index in [4.69, 9.17) is 0 Å². The third kappa shape index (κ3) is 4.55. The zero-order valence-corrected chi connectivity index (χ0v) is 15.1. The Morgan fingerprint density at radius 2 is 1.89 bits per heavy atom. The molecule has 0 radical (unpaired) electrons. The lowest BCUT2D eigenvalue weighted by atomic mass is 10.1. The normalized spacial score (nSPS) is 15.5. The van der Waals surface area contributed by atoms with E-state index in [-0.39, 0.29) is 24.3 Å². The van der Waals surface area contributed by atoms with Crippen LogP contribution in [0.25, 0.3) is 0 Å². The number of nitrogens with zero attached hydrogens (tertiary/aromatic N) is 6. The van der Waals surface area contributed by atoms with Gasteiger partial charge in [-0.05, 0) is 18.1 Å². The van der Waals surface area contributed by atoms with E-state index in [2.05, 4.69) is 15.1 Å². The van der Waals surface area contributed by atoms with Gasteiger partial charge in [-0.1, -0.05) is 13.8 Å². The van der Waals surface area contributed by atoms with Crippen LogP contribution in [-0.2, 0) is 17.5 Å². The maximum absolute atomic E-state index is 13.2. The third-order valence-corrected chi connectivity index (χ3v) is 4.39. The number of hydrogen-bond acceptors (Lipinski definition) is 5. The molecule has 2 aromatic heterocycles. The zero-order chi connectivity index (χ0) is 19.6. The smallest absolute Gasteiger partial charge is 0.338 e. The van der Waals surface area contributed by atoms with Crippen molar-refractivity contribution in [3.8, 4) is 0 Å². The van der Waals surface area contributed by atoms with Gasteiger partial charge in [0.2, 0.25) is 11.9 Å². The van der Waals surface area contributed by atoms with Crippen LogP contribution in [0.5, 0.6) is 0 Å². The van der Waals surface area contributed by atoms with Gasteiger partial charge in [0.05, 0.1) is 0 Å². The Labute approximate surface area is 154 Å². The molecule has 1 fully saturated rings. The predicted molar refractivity (Wildman–Crippen MR) is 92.1 cm³/mol. The number of carbonyl (C=O) groups excluding carboxylic acids is 1. The molecule has 27 heavy (non-hydrogen) atoms. The summed E-state index contributed by atoms with van der Waals surface area (Å²) in [6.45, 7) is 5.28. The van der Waals surface area contributed by atoms with Gasteiger partial charge in [0.25, 0.3) is 0 Å². The van der Waals surface area contributed by atoms with Gasteiger partial charge in [-0.3, -0.25) is 9.48 Å². The third-order valence-electron chi connectivity index (χ3n) is 4.39. The van der Waals surface area contributed by atoms with Crippen LogP contribution in [0.1, 0.15) is 31.2 Å². The lowest BCUT2D eigenvalue weighted by Crippen LogP contribution is -2.50. The van der Waals surface area contributed by atoms with Crippen molar-refractivity contribution in [1.29, 1.82) is 0 Å². The standard InChI is InChI=1S/C17H21F3N6O/c1-12(2)13-10-14(17(18,19)20)23-16(22-13)25-8-6-24(7-9-25)15(27)11-26-5-3-4-21-26/h3-5,10,12H,6-9,11H2,1-2H3. The van der Waals surface area contributed by atoms with Gasteiger partial charge in [0, 0.05) is 44.3 Å². The van der Waals surface area contributed by atoms with Crippen LogP contribution in [0.15, 0.2) is 24.5 Å². The average Bonchev–Trinajstić information content (AvgIpc) is 3.13. The van der Waals surface area contributed by atoms with Crippen LogP contribution in [-0.4, -0.2) is 56.7 Å². The maximum atomic E-state index is 13.2. The van der Waals surface area contributed by atoms with Crippen LogP contribution < -0.4 is 4.90 Å². The summed E-state index contributed by atoms with van der Waals surface area (Å²) in [4.78, 5) is 23.7. The fraction of sp³-hybridized carbons (Fsp3) is 0.529. The van der Waals surface area contributed by atoms with Gasteiger partial charge >= 0.3 is 6.18 Å². The number of carbonyl (C=O) groups is 1. The van der Waals surface area contributed by atoms with Crippen molar-refractivity contribution in [1.82, 2.24) is 24.6 Å². The fourth-order valence-electron chi connectivity index (χ4n) is 2.82. The summed E-state index contributed by atoms with van der Waals surface area (Å²) in [5, 5.41) is 4.00. The highest BCUT2D eigenvalue weighted by Gasteiger charge is 2.35. The van der Waals surface area contributed by atoms with Crippen molar-refractivity contribution in [2.24, 2.45) is 0 Å². The van der Waals surface area contributed by atoms with E-state index in [1.54, 1.807) is 46.8 Å². The molecular formula is C17H21F3N6O. The SMILES string of the molecule is CC(C)c1cc(C(F)(F)F)nc(N2CCN(C(=O)Cn3cccn3)CC2)n1. The van der Waals surface area contributed by atoms with Gasteiger partial charge in [-0.25, -0.2) is 9.97 Å². The number of amides is 1. The lowest BCUT2D eigenvalue weighted by molar-refractivity contribution is -0.141. The van der Waals surface area contributed by atoms with E-state index in [0.29, 0.717) is 31.9 Å². The number of rotatable bonds is 4. The molecule has 1 amide bonds. The molecule has 0 saturated carbocycles. The van der Waals surface area contributed by atoms with Gasteiger partial charge in [-0.15, -0.1) is 0 Å². The second-order valence-corrected chi connectivity index (χ2v) is 6.70. The van der Waals surface area contributed by atoms with Gasteiger partial charge in [0.15, 0.2) is 0 Å². The van der Waals surface area contributed by atoms with E-state index in [1.807, 2.05) is 0 Å². The lowest BCUT2D eigenvalue weighted by Gasteiger charge is -2.35. The molecule has 0 atom stereocenters. The van der Waals surface area contributed by atoms with Crippen LogP contribution in [0.3, 0.4) is 0 Å². The van der Waals surface area contributed by atoms with E-state index in [0.717, 1.165) is 6.07 Å². The first-order chi connectivity index (χ1) is 12.7. The van der Waals surface area contributed by atoms with Crippen molar-refractivity contribution in [3.63, 3.8) is 0 Å². The second kappa shape index (κ2) is 7.53. The Hall–Kier alpha value is -2.65. The molecule has 146 valence electrons. The van der Waals surface area contributed by atoms with E-state index in [1.165, 1.54) is 0 Å². The molecule has 1 saturated heterocycles. The molecule has 10 heteroatoms. The molecule has 3 rings (SSSR count). The highest BCUT2D eigenvalue weighted by Crippen LogP contribution is 2.30. The van der Waals surface area contributed by atoms with Gasteiger partial charge in [-0.2, -0.15) is 18.3 Å². The minimum absolute atomic E-state index is 0.0627. The molecule has 1 aliphatic rings. The second-order valence-electron chi connectivity index (χ2n) is 6.70. The van der Waals surface area contributed by atoms with Crippen molar-refractivity contribution in [2.45, 2.75) is 32.5 Å². The summed E-state index contributed by atoms with van der Waals surface area (Å²) in [6.07, 6.45) is -1.22. The van der Waals surface area contributed by atoms with Crippen LogP contribution in [0.2, 0.25) is 0 Å². The van der Waals surface area contributed by atoms with Gasteiger partial charge < -0.3 is 9.80 Å². The summed E-state index contributed by atoms with van der Waals surface area (Å²) in [5.41, 5.74) is -0.585. The molecular weight excluding hydrogens is 361 g/mol. The number of piperazine rings is 1. The number of hydrogen-bond donors (Lipinski definition) is 0. The first-order valence-corrected chi connectivity index (χ1v) is 8.70. The molecule has 0 aliphatic carbocycles. The quantitative estimate of drug-likeness (QED) is 0.811. The Kier molecular flexibility index (Phi) is 5.33. The summed E-state index contributed by atoms with van der Waals surface area (Å²) in [5.74, 6) is -0.163. The number of anilines is 1. The van der Waals surface area contributed by atoms with E-state index in [9.17, 15) is 18.0 Å². The summed E-state index contributed by atoms with van der Waals surface area (Å²) in [7, 11) is 0. The zero-order valence-electron chi connectivity index (χ0n) is 15.1. The topological polar surface area (TPSA) is 67.2 Å². The first-order valence-electron chi connectivity index (χ1n) is 8.70. The molecule has 0 bridgehead atoms. The fourth-order valence-corrected chi connectivity index (χ4v) is 2.82. The minimum atomic E-state index is -4.52. The summed E-state index contributed by atoms with van der Waals surface area (Å²) >= 11 is 0. The molecule has 3 heterocycles. The number of aromatic nitrogens is 4. The monoisotopic (exact) mass is 382 g/mol. The van der Waals surface area contributed by atoms with Crippen molar-refractivity contribution in [2.75, 3.05) is 31.1 Å². The Morgan fingerprint density at radius 3 is 2.44 bits per heavy atom. The molecule has 0 aromatic carbocycles. The molecule has 0 unspecified atom stereocenters. The summed E-state index contributed by atoms with van der Waals surface area (Å²) in [6, 6.07) is 2.74. The Morgan fingerprint density at radius 1 is 1.19 bits per heavy atom. The maximum Gasteiger partial charge on any atom is 0.433 e. The van der Waals surface area contributed by atoms with Crippen LogP contribution >= 0.6 is 0 Å². The van der Waals surface area contributed by atoms with Crippen molar-refractivity contribution in [3.05, 3.63) is 35.9 Å². The molecule has 0 N–H and O–H groups in total. The highest BCUT2D eigenvalue weighted by molar-refractivity contribution is 5.76. The van der Waals surface area contributed by atoms with Crippen molar-refractivity contribution >= 4 is 11.9 Å². The molecule has 0 spiro atoms.